The summed E-state index contributed by atoms with van der Waals surface area (Å²) in [6.07, 6.45) is -0.0550. The summed E-state index contributed by atoms with van der Waals surface area (Å²) in [6, 6.07) is 6.43. The zero-order valence-corrected chi connectivity index (χ0v) is 12.9. The molecule has 128 valence electrons. The molecule has 3 rings (SSSR count). The molecule has 0 aliphatic heterocycles. The smallest absolute Gasteiger partial charge is 0.348 e. The van der Waals surface area contributed by atoms with E-state index in [1.807, 2.05) is 0 Å². The number of hydrogen-bond acceptors (Lipinski definition) is 3. The summed E-state index contributed by atoms with van der Waals surface area (Å²) in [5.74, 6) is -0.336. The first kappa shape index (κ1) is 16.7. The fourth-order valence-electron chi connectivity index (χ4n) is 2.34. The monoisotopic (exact) mass is 346 g/mol. The molecule has 1 aromatic carbocycles. The standard InChI is InChI=1S/C17H13F3N4O/c1-2-15(25)22-10-12-9-14(23-24-8-7-21-16(12)24)11-3-5-13(6-4-11)17(18,19)20/h2-9H,1,10H2,(H,22,25). The first-order chi connectivity index (χ1) is 11.9. The summed E-state index contributed by atoms with van der Waals surface area (Å²) in [5, 5.41) is 7.00. The maximum Gasteiger partial charge on any atom is 0.416 e. The highest BCUT2D eigenvalue weighted by Gasteiger charge is 2.30. The van der Waals surface area contributed by atoms with Crippen molar-refractivity contribution in [3.8, 4) is 11.3 Å². The third-order valence-electron chi connectivity index (χ3n) is 3.58. The quantitative estimate of drug-likeness (QED) is 0.738. The Morgan fingerprint density at radius 1 is 1.28 bits per heavy atom. The first-order valence-electron chi connectivity index (χ1n) is 7.29. The van der Waals surface area contributed by atoms with E-state index in [0.29, 0.717) is 22.5 Å². The third-order valence-corrected chi connectivity index (χ3v) is 3.58. The van der Waals surface area contributed by atoms with Crippen molar-refractivity contribution in [3.05, 3.63) is 66.5 Å². The maximum atomic E-state index is 12.7. The van der Waals surface area contributed by atoms with E-state index in [0.717, 1.165) is 18.2 Å². The van der Waals surface area contributed by atoms with Crippen molar-refractivity contribution in [1.29, 1.82) is 0 Å². The van der Waals surface area contributed by atoms with Gasteiger partial charge in [0.2, 0.25) is 5.91 Å². The minimum atomic E-state index is -4.39. The normalized spacial score (nSPS) is 11.5. The highest BCUT2D eigenvalue weighted by molar-refractivity contribution is 5.86. The highest BCUT2D eigenvalue weighted by Crippen LogP contribution is 2.30. The molecule has 2 heterocycles. The average Bonchev–Trinajstić information content (AvgIpc) is 3.07. The van der Waals surface area contributed by atoms with Gasteiger partial charge in [-0.3, -0.25) is 4.79 Å². The number of nitrogens with zero attached hydrogens (tertiary/aromatic N) is 3. The minimum absolute atomic E-state index is 0.196. The lowest BCUT2D eigenvalue weighted by molar-refractivity contribution is -0.137. The lowest BCUT2D eigenvalue weighted by Crippen LogP contribution is -2.20. The van der Waals surface area contributed by atoms with E-state index in [2.05, 4.69) is 22.0 Å². The minimum Gasteiger partial charge on any atom is -0.348 e. The molecule has 1 N–H and O–H groups in total. The van der Waals surface area contributed by atoms with E-state index in [1.165, 1.54) is 16.6 Å². The van der Waals surface area contributed by atoms with Crippen LogP contribution in [0.15, 0.2) is 55.4 Å². The molecule has 0 radical (unpaired) electrons. The molecule has 0 unspecified atom stereocenters. The molecule has 0 fully saturated rings. The lowest BCUT2D eigenvalue weighted by atomic mass is 10.1. The van der Waals surface area contributed by atoms with Gasteiger partial charge in [0.1, 0.15) is 0 Å². The number of rotatable bonds is 4. The molecular formula is C17H13F3N4O. The van der Waals surface area contributed by atoms with Gasteiger partial charge in [-0.05, 0) is 24.3 Å². The van der Waals surface area contributed by atoms with E-state index in [9.17, 15) is 18.0 Å². The molecular weight excluding hydrogens is 333 g/mol. The van der Waals surface area contributed by atoms with Crippen molar-refractivity contribution < 1.29 is 18.0 Å². The number of imidazole rings is 1. The molecule has 25 heavy (non-hydrogen) atoms. The zero-order chi connectivity index (χ0) is 18.0. The number of halogens is 3. The maximum absolute atomic E-state index is 12.7. The second kappa shape index (κ2) is 6.39. The van der Waals surface area contributed by atoms with Gasteiger partial charge in [0, 0.05) is 30.1 Å². The van der Waals surface area contributed by atoms with Crippen molar-refractivity contribution in [2.24, 2.45) is 0 Å². The summed E-state index contributed by atoms with van der Waals surface area (Å²) < 4.78 is 39.6. The van der Waals surface area contributed by atoms with Gasteiger partial charge >= 0.3 is 6.18 Å². The summed E-state index contributed by atoms with van der Waals surface area (Å²) in [7, 11) is 0. The van der Waals surface area contributed by atoms with Crippen molar-refractivity contribution in [2.75, 3.05) is 0 Å². The predicted molar refractivity (Wildman–Crippen MR) is 85.5 cm³/mol. The predicted octanol–water partition coefficient (Wildman–Crippen LogP) is 3.22. The Hall–Kier alpha value is -3.16. The van der Waals surface area contributed by atoms with Gasteiger partial charge in [0.15, 0.2) is 5.65 Å². The van der Waals surface area contributed by atoms with E-state index in [-0.39, 0.29) is 12.5 Å². The SMILES string of the molecule is C=CC(=O)NCc1cc(-c2ccc(C(F)(F)F)cc2)nn2ccnc12. The van der Waals surface area contributed by atoms with Crippen LogP contribution in [0, 0.1) is 0 Å². The number of aromatic nitrogens is 3. The summed E-state index contributed by atoms with van der Waals surface area (Å²) in [6.45, 7) is 3.58. The molecule has 0 saturated carbocycles. The van der Waals surface area contributed by atoms with Crippen LogP contribution < -0.4 is 5.32 Å². The van der Waals surface area contributed by atoms with Gasteiger partial charge in [-0.15, -0.1) is 0 Å². The number of alkyl halides is 3. The highest BCUT2D eigenvalue weighted by atomic mass is 19.4. The molecule has 5 nitrogen and oxygen atoms in total. The summed E-state index contributed by atoms with van der Waals surface area (Å²) in [5.41, 5.74) is 1.52. The summed E-state index contributed by atoms with van der Waals surface area (Å²) in [4.78, 5) is 15.5. The fourth-order valence-corrected chi connectivity index (χ4v) is 2.34. The number of fused-ring (bicyclic) bond motifs is 1. The first-order valence-corrected chi connectivity index (χ1v) is 7.29. The number of amides is 1. The largest absolute Gasteiger partial charge is 0.416 e. The van der Waals surface area contributed by atoms with E-state index < -0.39 is 11.7 Å². The molecule has 0 bridgehead atoms. The Kier molecular flexibility index (Phi) is 4.26. The fraction of sp³-hybridized carbons (Fsp3) is 0.118. The van der Waals surface area contributed by atoms with E-state index >= 15 is 0 Å². The Morgan fingerprint density at radius 3 is 2.64 bits per heavy atom. The molecule has 0 spiro atoms. The molecule has 0 saturated heterocycles. The van der Waals surface area contributed by atoms with Crippen LogP contribution in [0.1, 0.15) is 11.1 Å². The van der Waals surface area contributed by atoms with Gasteiger partial charge in [0.05, 0.1) is 11.3 Å². The van der Waals surface area contributed by atoms with Crippen LogP contribution in [0.25, 0.3) is 16.9 Å². The van der Waals surface area contributed by atoms with Gasteiger partial charge < -0.3 is 5.32 Å². The molecule has 1 amide bonds. The zero-order valence-electron chi connectivity index (χ0n) is 12.9. The molecule has 0 aliphatic rings. The van der Waals surface area contributed by atoms with Crippen LogP contribution in [-0.4, -0.2) is 20.5 Å². The van der Waals surface area contributed by atoms with E-state index in [4.69, 9.17) is 0 Å². The van der Waals surface area contributed by atoms with Crippen LogP contribution in [0.4, 0.5) is 13.2 Å². The van der Waals surface area contributed by atoms with Gasteiger partial charge in [-0.1, -0.05) is 18.7 Å². The topological polar surface area (TPSA) is 59.3 Å². The Bertz CT molecular complexity index is 929. The number of nitrogens with one attached hydrogen (secondary N) is 1. The number of benzene rings is 1. The second-order valence-electron chi connectivity index (χ2n) is 5.25. The third kappa shape index (κ3) is 3.52. The molecule has 0 atom stereocenters. The Morgan fingerprint density at radius 2 is 2.00 bits per heavy atom. The van der Waals surface area contributed by atoms with Crippen molar-refractivity contribution >= 4 is 11.6 Å². The number of hydrogen-bond donors (Lipinski definition) is 1. The van der Waals surface area contributed by atoms with Crippen LogP contribution >= 0.6 is 0 Å². The average molecular weight is 346 g/mol. The van der Waals surface area contributed by atoms with Crippen molar-refractivity contribution in [1.82, 2.24) is 19.9 Å². The van der Waals surface area contributed by atoms with Crippen molar-refractivity contribution in [2.45, 2.75) is 12.7 Å². The van der Waals surface area contributed by atoms with Gasteiger partial charge in [-0.25, -0.2) is 9.50 Å². The van der Waals surface area contributed by atoms with Crippen LogP contribution in [0.3, 0.4) is 0 Å². The molecule has 2 aromatic heterocycles. The Balaban J connectivity index is 1.99. The number of carbonyl (C=O) groups excluding carboxylic acids is 1. The van der Waals surface area contributed by atoms with Crippen LogP contribution in [-0.2, 0) is 17.5 Å². The van der Waals surface area contributed by atoms with E-state index in [1.54, 1.807) is 18.5 Å². The van der Waals surface area contributed by atoms with Gasteiger partial charge in [0.25, 0.3) is 0 Å². The second-order valence-corrected chi connectivity index (χ2v) is 5.25. The summed E-state index contributed by atoms with van der Waals surface area (Å²) >= 11 is 0. The van der Waals surface area contributed by atoms with Crippen LogP contribution in [0.2, 0.25) is 0 Å². The lowest BCUT2D eigenvalue weighted by Gasteiger charge is -2.10. The molecule has 0 aliphatic carbocycles. The van der Waals surface area contributed by atoms with Crippen molar-refractivity contribution in [3.63, 3.8) is 0 Å². The number of carbonyl (C=O) groups is 1. The molecule has 8 heteroatoms. The Labute approximate surface area is 140 Å². The molecule has 3 aromatic rings. The van der Waals surface area contributed by atoms with Crippen LogP contribution in [0.5, 0.6) is 0 Å². The van der Waals surface area contributed by atoms with Gasteiger partial charge in [-0.2, -0.15) is 18.3 Å².